The topological polar surface area (TPSA) is 107 Å². The number of hydrogen-bond acceptors (Lipinski definition) is 6. The van der Waals surface area contributed by atoms with Gasteiger partial charge in [-0.05, 0) is 0 Å². The van der Waals surface area contributed by atoms with E-state index in [-0.39, 0.29) is 17.8 Å². The van der Waals surface area contributed by atoms with Gasteiger partial charge in [0.1, 0.15) is 5.56 Å². The summed E-state index contributed by atoms with van der Waals surface area (Å²) in [5.41, 5.74) is -0.841. The number of nitrogens with zero attached hydrogens (tertiary/aromatic N) is 2. The number of aliphatic hydroxyl groups is 1. The van der Waals surface area contributed by atoms with E-state index in [0.717, 1.165) is 6.33 Å². The van der Waals surface area contributed by atoms with Crippen LogP contribution in [0.25, 0.3) is 0 Å². The van der Waals surface area contributed by atoms with E-state index in [2.05, 4.69) is 9.97 Å². The van der Waals surface area contributed by atoms with Crippen molar-refractivity contribution in [2.45, 2.75) is 12.6 Å². The highest BCUT2D eigenvalue weighted by Gasteiger charge is 2.32. The smallest absolute Gasteiger partial charge is 0.263 e. The SMILES string of the molecule is O=C1CC(O)N(O)c2nc[nH]c(=O)c21. The molecular formula is C7H7N3O4. The number of Topliss-reactive ketones (excluding diaryl/α,β-unsaturated/α-hetero) is 1. The van der Waals surface area contributed by atoms with E-state index in [1.807, 2.05) is 0 Å². The van der Waals surface area contributed by atoms with E-state index < -0.39 is 17.6 Å². The molecule has 1 aromatic heterocycles. The van der Waals surface area contributed by atoms with Crippen LogP contribution >= 0.6 is 0 Å². The van der Waals surface area contributed by atoms with Crippen molar-refractivity contribution >= 4 is 11.6 Å². The molecule has 0 saturated heterocycles. The van der Waals surface area contributed by atoms with Gasteiger partial charge >= 0.3 is 0 Å². The molecule has 0 radical (unpaired) electrons. The van der Waals surface area contributed by atoms with Gasteiger partial charge in [-0.2, -0.15) is 0 Å². The fourth-order valence-corrected chi connectivity index (χ4v) is 1.31. The number of fused-ring (bicyclic) bond motifs is 1. The maximum absolute atomic E-state index is 11.3. The van der Waals surface area contributed by atoms with Crippen molar-refractivity contribution in [3.05, 3.63) is 22.2 Å². The Bertz CT molecular complexity index is 441. The van der Waals surface area contributed by atoms with Crippen LogP contribution in [0.5, 0.6) is 0 Å². The zero-order valence-electron chi connectivity index (χ0n) is 6.97. The minimum atomic E-state index is -1.34. The number of nitrogens with one attached hydrogen (secondary N) is 1. The summed E-state index contributed by atoms with van der Waals surface area (Å²) >= 11 is 0. The fraction of sp³-hybridized carbons (Fsp3) is 0.286. The number of aromatic amines is 1. The molecule has 2 heterocycles. The van der Waals surface area contributed by atoms with Gasteiger partial charge in [0.2, 0.25) is 0 Å². The second kappa shape index (κ2) is 2.89. The van der Waals surface area contributed by atoms with Crippen LogP contribution in [0, 0.1) is 0 Å². The van der Waals surface area contributed by atoms with Gasteiger partial charge in [0, 0.05) is 0 Å². The molecule has 0 amide bonds. The minimum absolute atomic E-state index is 0.211. The maximum Gasteiger partial charge on any atom is 0.263 e. The van der Waals surface area contributed by atoms with E-state index in [1.165, 1.54) is 0 Å². The lowest BCUT2D eigenvalue weighted by atomic mass is 10.1. The Morgan fingerprint density at radius 2 is 2.29 bits per heavy atom. The highest BCUT2D eigenvalue weighted by molar-refractivity contribution is 6.01. The molecular weight excluding hydrogens is 190 g/mol. The Morgan fingerprint density at radius 1 is 1.57 bits per heavy atom. The second-order valence-electron chi connectivity index (χ2n) is 2.88. The molecule has 7 nitrogen and oxygen atoms in total. The predicted octanol–water partition coefficient (Wildman–Crippen LogP) is -1.13. The Labute approximate surface area is 77.6 Å². The van der Waals surface area contributed by atoms with Crippen LogP contribution in [-0.2, 0) is 0 Å². The number of anilines is 1. The lowest BCUT2D eigenvalue weighted by Gasteiger charge is -2.26. The zero-order chi connectivity index (χ0) is 10.3. The first-order valence-corrected chi connectivity index (χ1v) is 3.88. The number of carbonyl (C=O) groups excluding carboxylic acids is 1. The summed E-state index contributed by atoms with van der Waals surface area (Å²) in [5, 5.41) is 18.9. The first kappa shape index (κ1) is 8.85. The molecule has 3 N–H and O–H groups in total. The van der Waals surface area contributed by atoms with E-state index in [9.17, 15) is 19.9 Å². The largest absolute Gasteiger partial charge is 0.371 e. The molecule has 7 heteroatoms. The number of aromatic nitrogens is 2. The highest BCUT2D eigenvalue weighted by atomic mass is 16.5. The first-order valence-electron chi connectivity index (χ1n) is 3.88. The molecule has 2 rings (SSSR count). The molecule has 1 aromatic rings. The summed E-state index contributed by atoms with van der Waals surface area (Å²) in [6.07, 6.45) is -0.613. The highest BCUT2D eigenvalue weighted by Crippen LogP contribution is 2.22. The Morgan fingerprint density at radius 3 is 3.00 bits per heavy atom. The quantitative estimate of drug-likeness (QED) is 0.486. The lowest BCUT2D eigenvalue weighted by molar-refractivity contribution is 0.0463. The normalized spacial score (nSPS) is 20.9. The van der Waals surface area contributed by atoms with Crippen molar-refractivity contribution in [3.8, 4) is 0 Å². The number of ketones is 1. The van der Waals surface area contributed by atoms with Crippen molar-refractivity contribution in [1.29, 1.82) is 0 Å². The van der Waals surface area contributed by atoms with Crippen LogP contribution in [-0.4, -0.2) is 32.3 Å². The summed E-state index contributed by atoms with van der Waals surface area (Å²) in [6.45, 7) is 0. The van der Waals surface area contributed by atoms with Gasteiger partial charge in [0.25, 0.3) is 5.56 Å². The molecule has 0 fully saturated rings. The van der Waals surface area contributed by atoms with Crippen molar-refractivity contribution in [2.75, 3.05) is 5.06 Å². The maximum atomic E-state index is 11.3. The summed E-state index contributed by atoms with van der Waals surface area (Å²) in [6, 6.07) is 0. The molecule has 0 spiro atoms. The van der Waals surface area contributed by atoms with Gasteiger partial charge in [-0.25, -0.2) is 10.0 Å². The van der Waals surface area contributed by atoms with Gasteiger partial charge in [0.05, 0.1) is 12.7 Å². The third-order valence-corrected chi connectivity index (χ3v) is 1.98. The number of carbonyl (C=O) groups is 1. The van der Waals surface area contributed by atoms with E-state index in [1.54, 1.807) is 0 Å². The van der Waals surface area contributed by atoms with Crippen LogP contribution < -0.4 is 10.6 Å². The van der Waals surface area contributed by atoms with Crippen molar-refractivity contribution in [3.63, 3.8) is 0 Å². The second-order valence-corrected chi connectivity index (χ2v) is 2.88. The molecule has 0 aliphatic carbocycles. The Hall–Kier alpha value is -1.73. The zero-order valence-corrected chi connectivity index (χ0v) is 6.97. The third-order valence-electron chi connectivity index (χ3n) is 1.98. The van der Waals surface area contributed by atoms with Crippen LogP contribution in [0.2, 0.25) is 0 Å². The first-order chi connectivity index (χ1) is 6.61. The lowest BCUT2D eigenvalue weighted by Crippen LogP contribution is -2.42. The summed E-state index contributed by atoms with van der Waals surface area (Å²) in [4.78, 5) is 28.3. The molecule has 0 bridgehead atoms. The third kappa shape index (κ3) is 1.10. The van der Waals surface area contributed by atoms with E-state index in [4.69, 9.17) is 0 Å². The van der Waals surface area contributed by atoms with Crippen LogP contribution in [0.15, 0.2) is 11.1 Å². The summed E-state index contributed by atoms with van der Waals surface area (Å²) < 4.78 is 0. The number of aliphatic hydroxyl groups excluding tert-OH is 1. The predicted molar refractivity (Wildman–Crippen MR) is 44.1 cm³/mol. The molecule has 0 saturated carbocycles. The molecule has 1 atom stereocenters. The number of rotatable bonds is 0. The van der Waals surface area contributed by atoms with E-state index in [0.29, 0.717) is 5.06 Å². The van der Waals surface area contributed by atoms with Gasteiger partial charge in [-0.15, -0.1) is 0 Å². The van der Waals surface area contributed by atoms with Gasteiger partial charge in [0.15, 0.2) is 17.8 Å². The molecule has 1 unspecified atom stereocenters. The van der Waals surface area contributed by atoms with Crippen molar-refractivity contribution in [1.82, 2.24) is 9.97 Å². The Kier molecular flexibility index (Phi) is 1.83. The van der Waals surface area contributed by atoms with Crippen LogP contribution in [0.1, 0.15) is 16.8 Å². The average Bonchev–Trinajstić information content (AvgIpc) is 2.14. The fourth-order valence-electron chi connectivity index (χ4n) is 1.31. The monoisotopic (exact) mass is 197 g/mol. The van der Waals surface area contributed by atoms with Gasteiger partial charge in [-0.1, -0.05) is 0 Å². The average molecular weight is 197 g/mol. The Balaban J connectivity index is 2.67. The minimum Gasteiger partial charge on any atom is -0.371 e. The van der Waals surface area contributed by atoms with Crippen molar-refractivity contribution in [2.24, 2.45) is 0 Å². The number of hydrogen-bond donors (Lipinski definition) is 3. The summed E-state index contributed by atoms with van der Waals surface area (Å²) in [7, 11) is 0. The molecule has 74 valence electrons. The summed E-state index contributed by atoms with van der Waals surface area (Å²) in [5.74, 6) is -0.746. The molecule has 14 heavy (non-hydrogen) atoms. The number of H-pyrrole nitrogens is 1. The molecule has 1 aliphatic heterocycles. The van der Waals surface area contributed by atoms with Crippen LogP contribution in [0.3, 0.4) is 0 Å². The van der Waals surface area contributed by atoms with Gasteiger partial charge in [-0.3, -0.25) is 14.8 Å². The van der Waals surface area contributed by atoms with Gasteiger partial charge < -0.3 is 10.1 Å². The van der Waals surface area contributed by atoms with Crippen molar-refractivity contribution < 1.29 is 15.1 Å². The van der Waals surface area contributed by atoms with Crippen LogP contribution in [0.4, 0.5) is 5.82 Å². The standard InChI is InChI=1S/C7H7N3O4/c11-3-1-4(12)10(14)6-5(3)7(13)9-2-8-6/h2,4,12,14H,1H2,(H,8,9,13). The molecule has 1 aliphatic rings. The molecule has 0 aromatic carbocycles. The number of hydroxylamine groups is 1. The van der Waals surface area contributed by atoms with E-state index >= 15 is 0 Å².